The number of aryl methyl sites for hydroxylation is 2. The van der Waals surface area contributed by atoms with E-state index in [1.165, 1.54) is 0 Å². The Morgan fingerprint density at radius 2 is 1.95 bits per heavy atom. The van der Waals surface area contributed by atoms with E-state index >= 15 is 0 Å². The van der Waals surface area contributed by atoms with E-state index in [1.54, 1.807) is 0 Å². The molecule has 12 heteroatoms. The van der Waals surface area contributed by atoms with Crippen molar-refractivity contribution in [3.8, 4) is 0 Å². The van der Waals surface area contributed by atoms with Crippen molar-refractivity contribution in [1.29, 1.82) is 0 Å². The van der Waals surface area contributed by atoms with Crippen LogP contribution >= 0.6 is 0 Å². The van der Waals surface area contributed by atoms with Gasteiger partial charge in [0.15, 0.2) is 5.03 Å². The summed E-state index contributed by atoms with van der Waals surface area (Å²) >= 11 is 0. The van der Waals surface area contributed by atoms with Gasteiger partial charge in [-0.2, -0.15) is 0 Å². The van der Waals surface area contributed by atoms with Gasteiger partial charge in [0, 0.05) is 25.3 Å². The van der Waals surface area contributed by atoms with Crippen LogP contribution in [-0.4, -0.2) is 54.0 Å². The largest absolute Gasteiger partial charge is 0.481 e. The number of nitrogens with two attached hydrogens (primary N) is 1. The summed E-state index contributed by atoms with van der Waals surface area (Å²) in [6.07, 6.45) is 3.91. The second-order valence-corrected chi connectivity index (χ2v) is 14.4. The van der Waals surface area contributed by atoms with Crippen LogP contribution < -0.4 is 16.5 Å². The van der Waals surface area contributed by atoms with E-state index in [0.717, 1.165) is 29.5 Å². The number of guanidine groups is 1. The van der Waals surface area contributed by atoms with E-state index in [4.69, 9.17) is 15.0 Å². The van der Waals surface area contributed by atoms with Gasteiger partial charge in [-0.1, -0.05) is 56.9 Å². The number of carbonyl (C=O) groups excluding carboxylic acids is 2. The van der Waals surface area contributed by atoms with Gasteiger partial charge in [-0.25, -0.2) is 15.1 Å². The number of Topliss-reactive ketones (excluding diaryl/α,β-unsaturated/α-hetero) is 1. The second kappa shape index (κ2) is 13.6. The van der Waals surface area contributed by atoms with E-state index in [1.807, 2.05) is 37.5 Å². The molecule has 1 aromatic carbocycles. The van der Waals surface area contributed by atoms with Crippen molar-refractivity contribution in [2.24, 2.45) is 39.8 Å². The Labute approximate surface area is 261 Å². The summed E-state index contributed by atoms with van der Waals surface area (Å²) < 4.78 is 13.3. The smallest absolute Gasteiger partial charge is 0.404 e. The predicted molar refractivity (Wildman–Crippen MR) is 170 cm³/mol. The first-order chi connectivity index (χ1) is 20.6. The van der Waals surface area contributed by atoms with Crippen LogP contribution in [0.15, 0.2) is 23.2 Å². The number of benzene rings is 1. The highest BCUT2D eigenvalue weighted by Gasteiger charge is 2.68. The molecule has 0 spiro atoms. The number of nitro groups is 1. The molecule has 1 heterocycles. The third kappa shape index (κ3) is 7.62. The van der Waals surface area contributed by atoms with E-state index in [9.17, 15) is 19.7 Å². The molecule has 4 N–H and O–H groups in total. The fourth-order valence-corrected chi connectivity index (χ4v) is 7.66. The minimum absolute atomic E-state index is 0.00174. The molecule has 0 radical (unpaired) electrons. The molecule has 4 aliphatic rings. The maximum absolute atomic E-state index is 13.9. The molecule has 4 fully saturated rings. The van der Waals surface area contributed by atoms with Crippen LogP contribution in [0.2, 0.25) is 0 Å². The molecule has 11 nitrogen and oxygen atoms in total. The van der Waals surface area contributed by atoms with Crippen LogP contribution in [0.4, 0.5) is 0 Å². The molecule has 1 aliphatic heterocycles. The van der Waals surface area contributed by atoms with E-state index in [2.05, 4.69) is 44.9 Å². The van der Waals surface area contributed by atoms with Crippen LogP contribution in [0.3, 0.4) is 0 Å². The quantitative estimate of drug-likeness (QED) is 0.0709. The Hall–Kier alpha value is -2.99. The maximum atomic E-state index is 13.9. The third-order valence-corrected chi connectivity index (χ3v) is 10.3. The zero-order valence-electron chi connectivity index (χ0n) is 27.4. The lowest BCUT2D eigenvalue weighted by molar-refractivity contribution is -0.525. The standard InChI is InChI=1S/C32H50BN5O6/c1-19(2)13-28(33-43-27-18-24-17-26(31(24,5)6)32(27,7)44-33)36-29(40)22(9-8-12-35-30(34)37-38(41)42)15-25(39)16-23-14-20(3)10-11-21(23)4/h10-11,14,19,22,24,26-28H,8-9,12-13,15-18H2,1-7H3,(H,36,40)(H3,34,35,37)/t22-,24+,26+,27-,28+,32+/m1/s1. The molecule has 0 aromatic heterocycles. The molecule has 1 saturated heterocycles. The highest BCUT2D eigenvalue weighted by atomic mass is 16.7. The van der Waals surface area contributed by atoms with Crippen molar-refractivity contribution >= 4 is 24.8 Å². The number of aliphatic imine (C=N–C) groups is 1. The Balaban J connectivity index is 1.47. The van der Waals surface area contributed by atoms with Crippen LogP contribution in [0.5, 0.6) is 0 Å². The first-order valence-electron chi connectivity index (χ1n) is 16.0. The van der Waals surface area contributed by atoms with Gasteiger partial charge in [-0.15, -0.1) is 0 Å². The molecule has 3 aliphatic carbocycles. The van der Waals surface area contributed by atoms with Gasteiger partial charge in [0.2, 0.25) is 5.91 Å². The van der Waals surface area contributed by atoms with Crippen molar-refractivity contribution in [2.75, 3.05) is 6.54 Å². The molecular weight excluding hydrogens is 561 g/mol. The average molecular weight is 612 g/mol. The average Bonchev–Trinajstić information content (AvgIpc) is 3.28. The van der Waals surface area contributed by atoms with Crippen molar-refractivity contribution in [3.63, 3.8) is 0 Å². The highest BCUT2D eigenvalue weighted by molar-refractivity contribution is 6.47. The number of amides is 1. The first-order valence-corrected chi connectivity index (χ1v) is 16.0. The summed E-state index contributed by atoms with van der Waals surface area (Å²) in [5.41, 5.74) is 10.3. The topological polar surface area (TPSA) is 158 Å². The van der Waals surface area contributed by atoms with Gasteiger partial charge in [-0.3, -0.25) is 9.59 Å². The zero-order valence-corrected chi connectivity index (χ0v) is 27.4. The Morgan fingerprint density at radius 3 is 2.61 bits per heavy atom. The summed E-state index contributed by atoms with van der Waals surface area (Å²) in [5.74, 6) is -0.195. The number of ketones is 1. The zero-order chi connectivity index (χ0) is 32.4. The number of nitrogens with zero attached hydrogens (tertiary/aromatic N) is 2. The summed E-state index contributed by atoms with van der Waals surface area (Å²) in [5, 5.41) is 13.1. The van der Waals surface area contributed by atoms with Crippen molar-refractivity contribution in [1.82, 2.24) is 10.7 Å². The van der Waals surface area contributed by atoms with Gasteiger partial charge in [-0.05, 0) is 87.2 Å². The van der Waals surface area contributed by atoms with E-state index in [-0.39, 0.29) is 66.0 Å². The molecule has 242 valence electrons. The highest BCUT2D eigenvalue weighted by Crippen LogP contribution is 2.65. The number of hydrogen-bond acceptors (Lipinski definition) is 7. The molecule has 5 rings (SSSR count). The van der Waals surface area contributed by atoms with Gasteiger partial charge in [0.05, 0.1) is 17.6 Å². The molecule has 1 amide bonds. The normalized spacial score (nSPS) is 26.9. The molecule has 1 aromatic rings. The van der Waals surface area contributed by atoms with Crippen molar-refractivity contribution in [2.45, 2.75) is 111 Å². The number of carbonyl (C=O) groups is 2. The monoisotopic (exact) mass is 611 g/mol. The van der Waals surface area contributed by atoms with Crippen LogP contribution in [0, 0.1) is 53.0 Å². The van der Waals surface area contributed by atoms with E-state index in [0.29, 0.717) is 31.1 Å². The lowest BCUT2D eigenvalue weighted by Gasteiger charge is -2.64. The molecule has 0 unspecified atom stereocenters. The first kappa shape index (κ1) is 33.9. The molecule has 44 heavy (non-hydrogen) atoms. The van der Waals surface area contributed by atoms with Crippen molar-refractivity contribution < 1.29 is 23.9 Å². The predicted octanol–water partition coefficient (Wildman–Crippen LogP) is 4.10. The van der Waals surface area contributed by atoms with E-state index < -0.39 is 18.1 Å². The minimum Gasteiger partial charge on any atom is -0.404 e. The summed E-state index contributed by atoms with van der Waals surface area (Å²) in [4.78, 5) is 41.8. The number of rotatable bonds is 14. The van der Waals surface area contributed by atoms with Gasteiger partial charge >= 0.3 is 7.12 Å². The van der Waals surface area contributed by atoms with Gasteiger partial charge < -0.3 is 20.4 Å². The minimum atomic E-state index is -0.774. The Morgan fingerprint density at radius 1 is 1.23 bits per heavy atom. The maximum Gasteiger partial charge on any atom is 0.481 e. The Bertz CT molecular complexity index is 1270. The number of nitrogens with one attached hydrogen (secondary N) is 2. The number of hydrazine groups is 1. The lowest BCUT2D eigenvalue weighted by atomic mass is 9.43. The number of hydrogen-bond donors (Lipinski definition) is 3. The third-order valence-electron chi connectivity index (χ3n) is 10.3. The van der Waals surface area contributed by atoms with Crippen LogP contribution in [0.1, 0.15) is 89.8 Å². The fraction of sp³-hybridized carbons (Fsp3) is 0.719. The SMILES string of the molecule is Cc1ccc(C)c(CC(=O)C[C@@H](CCCN=C(N)N[N+](=O)[O-])C(=O)N[C@@H](CC(C)C)B2O[C@@H]3C[C@@H]4C[C@@H](C4(C)C)[C@]3(C)O2)c1. The van der Waals surface area contributed by atoms with Crippen LogP contribution in [0.25, 0.3) is 0 Å². The molecular formula is C32H50BN5O6. The molecule has 3 saturated carbocycles. The Kier molecular flexibility index (Phi) is 10.4. The second-order valence-electron chi connectivity index (χ2n) is 14.4. The van der Waals surface area contributed by atoms with Crippen LogP contribution in [-0.2, 0) is 25.3 Å². The fourth-order valence-electron chi connectivity index (χ4n) is 7.66. The summed E-state index contributed by atoms with van der Waals surface area (Å²) in [7, 11) is -0.560. The molecule has 6 atom stereocenters. The molecule has 2 bridgehead atoms. The summed E-state index contributed by atoms with van der Waals surface area (Å²) in [6.45, 7) is 15.2. The van der Waals surface area contributed by atoms with Gasteiger partial charge in [0.1, 0.15) is 5.78 Å². The summed E-state index contributed by atoms with van der Waals surface area (Å²) in [6, 6.07) is 6.04. The van der Waals surface area contributed by atoms with Gasteiger partial charge in [0.25, 0.3) is 5.96 Å². The lowest BCUT2D eigenvalue weighted by Crippen LogP contribution is -2.65. The van der Waals surface area contributed by atoms with Crippen molar-refractivity contribution in [3.05, 3.63) is 45.0 Å².